The van der Waals surface area contributed by atoms with Gasteiger partial charge in [-0.3, -0.25) is 0 Å². The number of nitrogens with one attached hydrogen (secondary N) is 1. The maximum absolute atomic E-state index is 11.4. The summed E-state index contributed by atoms with van der Waals surface area (Å²) in [4.78, 5) is 0.0120. The van der Waals surface area contributed by atoms with Gasteiger partial charge in [0, 0.05) is 4.47 Å². The Labute approximate surface area is 126 Å². The second-order valence-electron chi connectivity index (χ2n) is 4.40. The second kappa shape index (κ2) is 5.43. The number of nitrogens with two attached hydrogens (primary N) is 2. The van der Waals surface area contributed by atoms with Gasteiger partial charge in [-0.05, 0) is 58.7 Å². The van der Waals surface area contributed by atoms with Crippen molar-refractivity contribution in [3.05, 3.63) is 46.4 Å². The van der Waals surface area contributed by atoms with Crippen molar-refractivity contribution in [1.29, 1.82) is 0 Å². The van der Waals surface area contributed by atoms with Crippen molar-refractivity contribution in [2.45, 2.75) is 11.8 Å². The maximum Gasteiger partial charge on any atom is 0.238 e. The highest BCUT2D eigenvalue weighted by Gasteiger charge is 2.11. The smallest absolute Gasteiger partial charge is 0.238 e. The summed E-state index contributed by atoms with van der Waals surface area (Å²) in [5, 5.41) is 8.22. The first-order valence-corrected chi connectivity index (χ1v) is 8.07. The molecule has 0 saturated heterocycles. The Kier molecular flexibility index (Phi) is 4.03. The van der Waals surface area contributed by atoms with Gasteiger partial charge in [-0.1, -0.05) is 6.07 Å². The first-order chi connectivity index (χ1) is 9.27. The minimum atomic E-state index is -3.76. The summed E-state index contributed by atoms with van der Waals surface area (Å²) in [7, 11) is -3.76. The quantitative estimate of drug-likeness (QED) is 0.737. The molecule has 0 aliphatic rings. The molecule has 20 heavy (non-hydrogen) atoms. The first-order valence-electron chi connectivity index (χ1n) is 5.73. The number of primary sulfonamides is 1. The molecule has 0 radical (unpaired) electrons. The molecule has 7 heteroatoms. The summed E-state index contributed by atoms with van der Waals surface area (Å²) in [5.41, 5.74) is 8.64. The van der Waals surface area contributed by atoms with E-state index in [2.05, 4.69) is 21.2 Å². The Morgan fingerprint density at radius 3 is 2.45 bits per heavy atom. The van der Waals surface area contributed by atoms with Crippen molar-refractivity contribution in [2.75, 3.05) is 11.1 Å². The van der Waals surface area contributed by atoms with Gasteiger partial charge in [0.2, 0.25) is 10.0 Å². The van der Waals surface area contributed by atoms with E-state index in [1.807, 2.05) is 25.1 Å². The first kappa shape index (κ1) is 14.8. The van der Waals surface area contributed by atoms with Gasteiger partial charge in [0.15, 0.2) is 0 Å². The van der Waals surface area contributed by atoms with E-state index >= 15 is 0 Å². The largest absolute Gasteiger partial charge is 0.397 e. The number of halogens is 1. The topological polar surface area (TPSA) is 98.2 Å². The van der Waals surface area contributed by atoms with Crippen molar-refractivity contribution >= 4 is 43.0 Å². The minimum Gasteiger partial charge on any atom is -0.397 e. The summed E-state index contributed by atoms with van der Waals surface area (Å²) < 4.78 is 23.6. The van der Waals surface area contributed by atoms with Crippen molar-refractivity contribution in [3.8, 4) is 0 Å². The third-order valence-electron chi connectivity index (χ3n) is 2.74. The molecule has 0 unspecified atom stereocenters. The van der Waals surface area contributed by atoms with Crippen molar-refractivity contribution in [3.63, 3.8) is 0 Å². The second-order valence-corrected chi connectivity index (χ2v) is 6.82. The highest BCUT2D eigenvalue weighted by molar-refractivity contribution is 9.10. The summed E-state index contributed by atoms with van der Waals surface area (Å²) in [5.74, 6) is 0. The lowest BCUT2D eigenvalue weighted by molar-refractivity contribution is 0.598. The molecule has 0 atom stereocenters. The molecule has 0 fully saturated rings. The van der Waals surface area contributed by atoms with Crippen LogP contribution in [0.4, 0.5) is 17.1 Å². The summed E-state index contributed by atoms with van der Waals surface area (Å²) >= 11 is 3.42. The van der Waals surface area contributed by atoms with Crippen LogP contribution in [-0.2, 0) is 10.0 Å². The van der Waals surface area contributed by atoms with Gasteiger partial charge in [0.25, 0.3) is 0 Å². The van der Waals surface area contributed by atoms with Crippen LogP contribution in [-0.4, -0.2) is 8.42 Å². The fraction of sp³-hybridized carbons (Fsp3) is 0.0769. The molecule has 0 bridgehead atoms. The molecule has 106 valence electrons. The van der Waals surface area contributed by atoms with E-state index in [0.717, 1.165) is 15.7 Å². The number of rotatable bonds is 3. The number of hydrogen-bond donors (Lipinski definition) is 3. The van der Waals surface area contributed by atoms with Gasteiger partial charge in [-0.15, -0.1) is 0 Å². The van der Waals surface area contributed by atoms with E-state index in [-0.39, 0.29) is 4.90 Å². The molecule has 0 amide bonds. The SMILES string of the molecule is Cc1ccc(Br)c(Nc2cc(S(N)(=O)=O)ccc2N)c1. The van der Waals surface area contributed by atoms with E-state index in [1.54, 1.807) is 0 Å². The zero-order chi connectivity index (χ0) is 14.9. The van der Waals surface area contributed by atoms with Crippen molar-refractivity contribution in [2.24, 2.45) is 5.14 Å². The lowest BCUT2D eigenvalue weighted by Crippen LogP contribution is -2.12. The van der Waals surface area contributed by atoms with Crippen LogP contribution in [0.2, 0.25) is 0 Å². The Hall–Kier alpha value is -1.57. The standard InChI is InChI=1S/C13H14BrN3O2S/c1-8-2-4-10(14)12(6-8)17-13-7-9(20(16,18)19)3-5-11(13)15/h2-7,17H,15H2,1H3,(H2,16,18,19). The molecule has 0 aliphatic carbocycles. The van der Waals surface area contributed by atoms with Crippen LogP contribution in [0.3, 0.4) is 0 Å². The third kappa shape index (κ3) is 3.30. The number of aryl methyl sites for hydroxylation is 1. The highest BCUT2D eigenvalue weighted by atomic mass is 79.9. The number of sulfonamides is 1. The van der Waals surface area contributed by atoms with Gasteiger partial charge in [0.05, 0.1) is 22.0 Å². The van der Waals surface area contributed by atoms with Crippen LogP contribution in [0, 0.1) is 6.92 Å². The Morgan fingerprint density at radius 1 is 1.10 bits per heavy atom. The Morgan fingerprint density at radius 2 is 1.80 bits per heavy atom. The van der Waals surface area contributed by atoms with E-state index in [9.17, 15) is 8.42 Å². The molecule has 5 N–H and O–H groups in total. The molecular formula is C13H14BrN3O2S. The summed E-state index contributed by atoms with van der Waals surface area (Å²) in [6, 6.07) is 10.1. The molecule has 2 rings (SSSR count). The molecule has 0 saturated carbocycles. The molecule has 0 aromatic heterocycles. The molecule has 5 nitrogen and oxygen atoms in total. The van der Waals surface area contributed by atoms with Crippen LogP contribution < -0.4 is 16.2 Å². The Balaban J connectivity index is 2.45. The lowest BCUT2D eigenvalue weighted by atomic mass is 10.2. The van der Waals surface area contributed by atoms with Gasteiger partial charge < -0.3 is 11.1 Å². The highest BCUT2D eigenvalue weighted by Crippen LogP contribution is 2.30. The van der Waals surface area contributed by atoms with Gasteiger partial charge in [-0.2, -0.15) is 0 Å². The van der Waals surface area contributed by atoms with Crippen LogP contribution in [0.5, 0.6) is 0 Å². The summed E-state index contributed by atoms with van der Waals surface area (Å²) in [6.07, 6.45) is 0. The molecule has 0 heterocycles. The van der Waals surface area contributed by atoms with E-state index in [1.165, 1.54) is 18.2 Å². The predicted octanol–water partition coefficient (Wildman–Crippen LogP) is 2.73. The Bertz CT molecular complexity index is 760. The number of benzene rings is 2. The monoisotopic (exact) mass is 355 g/mol. The number of nitrogen functional groups attached to an aromatic ring is 1. The molecular weight excluding hydrogens is 342 g/mol. The molecule has 0 aliphatic heterocycles. The normalized spacial score (nSPS) is 11.3. The van der Waals surface area contributed by atoms with Crippen LogP contribution in [0.25, 0.3) is 0 Å². The fourth-order valence-electron chi connectivity index (χ4n) is 1.70. The van der Waals surface area contributed by atoms with Crippen molar-refractivity contribution in [1.82, 2.24) is 0 Å². The van der Waals surface area contributed by atoms with E-state index < -0.39 is 10.0 Å². The lowest BCUT2D eigenvalue weighted by Gasteiger charge is -2.13. The van der Waals surface area contributed by atoms with Crippen LogP contribution in [0.15, 0.2) is 45.8 Å². The maximum atomic E-state index is 11.4. The average molecular weight is 356 g/mol. The molecule has 2 aromatic carbocycles. The van der Waals surface area contributed by atoms with Crippen molar-refractivity contribution < 1.29 is 8.42 Å². The predicted molar refractivity (Wildman–Crippen MR) is 84.4 cm³/mol. The fourth-order valence-corrected chi connectivity index (χ4v) is 2.59. The van der Waals surface area contributed by atoms with E-state index in [4.69, 9.17) is 10.9 Å². The minimum absolute atomic E-state index is 0.0120. The van der Waals surface area contributed by atoms with Gasteiger partial charge >= 0.3 is 0 Å². The van der Waals surface area contributed by atoms with Crippen LogP contribution in [0.1, 0.15) is 5.56 Å². The van der Waals surface area contributed by atoms with Gasteiger partial charge in [-0.25, -0.2) is 13.6 Å². The molecule has 2 aromatic rings. The van der Waals surface area contributed by atoms with Crippen LogP contribution >= 0.6 is 15.9 Å². The average Bonchev–Trinajstić information content (AvgIpc) is 2.35. The van der Waals surface area contributed by atoms with Gasteiger partial charge in [0.1, 0.15) is 0 Å². The zero-order valence-electron chi connectivity index (χ0n) is 10.7. The molecule has 0 spiro atoms. The third-order valence-corrected chi connectivity index (χ3v) is 4.35. The number of anilines is 3. The number of hydrogen-bond acceptors (Lipinski definition) is 4. The summed E-state index contributed by atoms with van der Waals surface area (Å²) in [6.45, 7) is 1.96. The van der Waals surface area contributed by atoms with E-state index in [0.29, 0.717) is 11.4 Å². The zero-order valence-corrected chi connectivity index (χ0v) is 13.1.